The minimum absolute atomic E-state index is 0.0279. The first-order valence-electron chi connectivity index (χ1n) is 8.10. The first kappa shape index (κ1) is 17.3. The number of nitrogens with zero attached hydrogens (tertiary/aromatic N) is 2. The fourth-order valence-electron chi connectivity index (χ4n) is 3.20. The molecule has 1 atom stereocenters. The van der Waals surface area contributed by atoms with Crippen LogP contribution in [0.15, 0.2) is 23.1 Å². The smallest absolute Gasteiger partial charge is 0.341 e. The van der Waals surface area contributed by atoms with Crippen molar-refractivity contribution in [1.29, 1.82) is 0 Å². The SMILES string of the molecule is CCn1cc(C(=O)O)c(=O)c2cc(F)c(N3CCNC(CF)C3)cc21. The first-order chi connectivity index (χ1) is 12.0. The van der Waals surface area contributed by atoms with Gasteiger partial charge in [0.05, 0.1) is 17.2 Å². The Hall–Kier alpha value is -2.48. The third kappa shape index (κ3) is 3.09. The molecule has 1 saturated heterocycles. The number of aromatic nitrogens is 1. The zero-order valence-electron chi connectivity index (χ0n) is 13.8. The van der Waals surface area contributed by atoms with Crippen molar-refractivity contribution in [3.63, 3.8) is 0 Å². The van der Waals surface area contributed by atoms with Gasteiger partial charge in [0.15, 0.2) is 0 Å². The maximum atomic E-state index is 14.6. The van der Waals surface area contributed by atoms with Gasteiger partial charge in [0.25, 0.3) is 0 Å². The third-order valence-corrected chi connectivity index (χ3v) is 4.50. The topological polar surface area (TPSA) is 74.6 Å². The molecular formula is C17H19F2N3O3. The lowest BCUT2D eigenvalue weighted by atomic mass is 10.1. The number of anilines is 1. The summed E-state index contributed by atoms with van der Waals surface area (Å²) in [5.41, 5.74) is -0.345. The van der Waals surface area contributed by atoms with E-state index in [1.807, 2.05) is 6.92 Å². The van der Waals surface area contributed by atoms with Crippen molar-refractivity contribution in [3.05, 3.63) is 39.9 Å². The highest BCUT2D eigenvalue weighted by Gasteiger charge is 2.23. The van der Waals surface area contributed by atoms with Gasteiger partial charge in [-0.15, -0.1) is 0 Å². The number of fused-ring (bicyclic) bond motifs is 1. The lowest BCUT2D eigenvalue weighted by Gasteiger charge is -2.34. The minimum Gasteiger partial charge on any atom is -0.477 e. The highest BCUT2D eigenvalue weighted by atomic mass is 19.1. The summed E-state index contributed by atoms with van der Waals surface area (Å²) >= 11 is 0. The van der Waals surface area contributed by atoms with Crippen molar-refractivity contribution in [1.82, 2.24) is 9.88 Å². The second-order valence-electron chi connectivity index (χ2n) is 6.04. The molecule has 2 aromatic rings. The van der Waals surface area contributed by atoms with Crippen molar-refractivity contribution < 1.29 is 18.7 Å². The van der Waals surface area contributed by atoms with Crippen LogP contribution in [0.4, 0.5) is 14.5 Å². The fourth-order valence-corrected chi connectivity index (χ4v) is 3.20. The van der Waals surface area contributed by atoms with Crippen LogP contribution in [0.25, 0.3) is 10.9 Å². The monoisotopic (exact) mass is 351 g/mol. The molecule has 134 valence electrons. The molecule has 0 saturated carbocycles. The Bertz CT molecular complexity index is 882. The highest BCUT2D eigenvalue weighted by molar-refractivity contribution is 5.93. The molecule has 8 heteroatoms. The molecule has 1 aliphatic rings. The molecule has 1 aromatic heterocycles. The van der Waals surface area contributed by atoms with Gasteiger partial charge in [-0.05, 0) is 19.1 Å². The van der Waals surface area contributed by atoms with Gasteiger partial charge in [-0.2, -0.15) is 0 Å². The largest absolute Gasteiger partial charge is 0.477 e. The summed E-state index contributed by atoms with van der Waals surface area (Å²) in [7, 11) is 0. The molecule has 1 aliphatic heterocycles. The highest BCUT2D eigenvalue weighted by Crippen LogP contribution is 2.26. The molecule has 6 nitrogen and oxygen atoms in total. The maximum Gasteiger partial charge on any atom is 0.341 e. The first-order valence-corrected chi connectivity index (χ1v) is 8.10. The zero-order chi connectivity index (χ0) is 18.1. The number of rotatable bonds is 4. The van der Waals surface area contributed by atoms with E-state index in [4.69, 9.17) is 0 Å². The van der Waals surface area contributed by atoms with E-state index in [0.717, 1.165) is 6.07 Å². The summed E-state index contributed by atoms with van der Waals surface area (Å²) < 4.78 is 29.2. The second kappa shape index (κ2) is 6.79. The maximum absolute atomic E-state index is 14.6. The van der Waals surface area contributed by atoms with Crippen molar-refractivity contribution in [3.8, 4) is 0 Å². The van der Waals surface area contributed by atoms with Crippen LogP contribution in [-0.4, -0.2) is 48.0 Å². The number of aromatic carboxylic acids is 1. The predicted octanol–water partition coefficient (Wildman–Crippen LogP) is 1.61. The Kier molecular flexibility index (Phi) is 4.71. The summed E-state index contributed by atoms with van der Waals surface area (Å²) in [6.45, 7) is 3.06. The van der Waals surface area contributed by atoms with Crippen molar-refractivity contribution in [2.75, 3.05) is 31.2 Å². The molecule has 0 amide bonds. The summed E-state index contributed by atoms with van der Waals surface area (Å²) in [6, 6.07) is 2.26. The number of piperazine rings is 1. The van der Waals surface area contributed by atoms with Crippen LogP contribution in [0.1, 0.15) is 17.3 Å². The molecule has 1 aromatic carbocycles. The van der Waals surface area contributed by atoms with Crippen molar-refractivity contribution in [2.24, 2.45) is 0 Å². The summed E-state index contributed by atoms with van der Waals surface area (Å²) in [5, 5.41) is 12.2. The molecule has 2 N–H and O–H groups in total. The molecule has 25 heavy (non-hydrogen) atoms. The van der Waals surface area contributed by atoms with Crippen LogP contribution in [0, 0.1) is 5.82 Å². The van der Waals surface area contributed by atoms with Gasteiger partial charge in [-0.1, -0.05) is 0 Å². The quantitative estimate of drug-likeness (QED) is 0.875. The summed E-state index contributed by atoms with van der Waals surface area (Å²) in [6.07, 6.45) is 1.27. The Morgan fingerprint density at radius 3 is 2.84 bits per heavy atom. The number of alkyl halides is 1. The molecule has 0 radical (unpaired) electrons. The van der Waals surface area contributed by atoms with E-state index in [-0.39, 0.29) is 22.7 Å². The molecule has 0 spiro atoms. The zero-order valence-corrected chi connectivity index (χ0v) is 13.8. The number of hydrogen-bond donors (Lipinski definition) is 2. The van der Waals surface area contributed by atoms with E-state index in [2.05, 4.69) is 5.32 Å². The van der Waals surface area contributed by atoms with Crippen LogP contribution in [0.3, 0.4) is 0 Å². The second-order valence-corrected chi connectivity index (χ2v) is 6.04. The van der Waals surface area contributed by atoms with Crippen LogP contribution >= 0.6 is 0 Å². The molecule has 3 rings (SSSR count). The van der Waals surface area contributed by atoms with E-state index >= 15 is 0 Å². The third-order valence-electron chi connectivity index (χ3n) is 4.50. The van der Waals surface area contributed by atoms with Gasteiger partial charge in [0.2, 0.25) is 5.43 Å². The van der Waals surface area contributed by atoms with Gasteiger partial charge in [-0.3, -0.25) is 4.79 Å². The summed E-state index contributed by atoms with van der Waals surface area (Å²) in [4.78, 5) is 25.3. The van der Waals surface area contributed by atoms with Crippen LogP contribution in [-0.2, 0) is 6.54 Å². The number of aryl methyl sites for hydroxylation is 1. The molecular weight excluding hydrogens is 332 g/mol. The van der Waals surface area contributed by atoms with Gasteiger partial charge in [0, 0.05) is 37.8 Å². The van der Waals surface area contributed by atoms with Crippen LogP contribution < -0.4 is 15.6 Å². The Morgan fingerprint density at radius 2 is 2.20 bits per heavy atom. The van der Waals surface area contributed by atoms with Gasteiger partial charge in [-0.25, -0.2) is 13.6 Å². The van der Waals surface area contributed by atoms with E-state index in [1.165, 1.54) is 6.20 Å². The minimum atomic E-state index is -1.34. The number of halogens is 2. The standard InChI is InChI=1S/C17H19F2N3O3/c1-2-21-9-12(17(24)25)16(23)11-5-13(19)15(6-14(11)21)22-4-3-20-10(7-18)8-22/h5-6,9-10,20H,2-4,7-8H2,1H3,(H,24,25). The van der Waals surface area contributed by atoms with Crippen molar-refractivity contribution in [2.45, 2.75) is 19.5 Å². The van der Waals surface area contributed by atoms with Crippen LogP contribution in [0.2, 0.25) is 0 Å². The van der Waals surface area contributed by atoms with E-state index in [9.17, 15) is 23.5 Å². The Balaban J connectivity index is 2.17. The number of benzene rings is 1. The van der Waals surface area contributed by atoms with Crippen molar-refractivity contribution >= 4 is 22.6 Å². The molecule has 1 unspecified atom stereocenters. The van der Waals surface area contributed by atoms with Gasteiger partial charge < -0.3 is 19.9 Å². The number of carboxylic acid groups (broad SMARTS) is 1. The fraction of sp³-hybridized carbons (Fsp3) is 0.412. The average molecular weight is 351 g/mol. The number of carboxylic acids is 1. The van der Waals surface area contributed by atoms with Gasteiger partial charge in [0.1, 0.15) is 18.1 Å². The van der Waals surface area contributed by atoms with E-state index in [0.29, 0.717) is 31.7 Å². The van der Waals surface area contributed by atoms with Gasteiger partial charge >= 0.3 is 5.97 Å². The number of carbonyl (C=O) groups is 1. The predicted molar refractivity (Wildman–Crippen MR) is 90.8 cm³/mol. The molecule has 2 heterocycles. The lowest BCUT2D eigenvalue weighted by Crippen LogP contribution is -2.52. The lowest BCUT2D eigenvalue weighted by molar-refractivity contribution is 0.0695. The van der Waals surface area contributed by atoms with Crippen LogP contribution in [0.5, 0.6) is 0 Å². The Morgan fingerprint density at radius 1 is 1.44 bits per heavy atom. The van der Waals surface area contributed by atoms with E-state index < -0.39 is 23.9 Å². The molecule has 0 bridgehead atoms. The normalized spacial score (nSPS) is 17.9. The number of nitrogens with one attached hydrogen (secondary N) is 1. The molecule has 0 aliphatic carbocycles. The Labute approximate surface area is 142 Å². The summed E-state index contributed by atoms with van der Waals surface area (Å²) in [5.74, 6) is -1.96. The average Bonchev–Trinajstić information content (AvgIpc) is 2.61. The molecule has 1 fully saturated rings. The van der Waals surface area contributed by atoms with E-state index in [1.54, 1.807) is 15.5 Å². The number of pyridine rings is 1. The number of hydrogen-bond acceptors (Lipinski definition) is 4.